The van der Waals surface area contributed by atoms with Crippen molar-refractivity contribution in [3.05, 3.63) is 34.9 Å². The molecule has 4 nitrogen and oxygen atoms in total. The summed E-state index contributed by atoms with van der Waals surface area (Å²) in [7, 11) is 0. The molecule has 0 saturated carbocycles. The van der Waals surface area contributed by atoms with Crippen molar-refractivity contribution in [1.29, 1.82) is 0 Å². The van der Waals surface area contributed by atoms with Gasteiger partial charge in [-0.25, -0.2) is 0 Å². The molecule has 0 radical (unpaired) electrons. The molecule has 0 fully saturated rings. The summed E-state index contributed by atoms with van der Waals surface area (Å²) in [5.41, 5.74) is 11.1. The minimum atomic E-state index is -0.689. The van der Waals surface area contributed by atoms with Gasteiger partial charge in [0.15, 0.2) is 0 Å². The highest BCUT2D eigenvalue weighted by atomic mass is 35.5. The molecule has 0 bridgehead atoms. The fraction of sp³-hybridized carbons (Fsp3) is 0.111. The van der Waals surface area contributed by atoms with Crippen molar-refractivity contribution >= 4 is 23.4 Å². The van der Waals surface area contributed by atoms with E-state index < -0.39 is 11.8 Å². The Morgan fingerprint density at radius 1 is 1.14 bits per heavy atom. The van der Waals surface area contributed by atoms with Gasteiger partial charge in [-0.1, -0.05) is 6.07 Å². The van der Waals surface area contributed by atoms with Gasteiger partial charge >= 0.3 is 0 Å². The molecule has 0 aromatic heterocycles. The number of nitrogens with two attached hydrogens (primary N) is 2. The third kappa shape index (κ3) is 2.03. The van der Waals surface area contributed by atoms with Crippen molar-refractivity contribution in [2.75, 3.05) is 0 Å². The minimum Gasteiger partial charge on any atom is -0.366 e. The molecule has 0 aliphatic carbocycles. The third-order valence-electron chi connectivity index (χ3n) is 1.77. The highest BCUT2D eigenvalue weighted by Gasteiger charge is 2.12. The summed E-state index contributed by atoms with van der Waals surface area (Å²) in [6.45, 7) is 0. The molecule has 0 aliphatic rings. The average Bonchev–Trinajstić information content (AvgIpc) is 2.16. The Kier molecular flexibility index (Phi) is 3.09. The predicted octanol–water partition coefficient (Wildman–Crippen LogP) is 0.623. The van der Waals surface area contributed by atoms with Crippen molar-refractivity contribution in [3.8, 4) is 0 Å². The Bertz CT molecular complexity index is 390. The number of amides is 2. The van der Waals surface area contributed by atoms with Gasteiger partial charge in [-0.3, -0.25) is 9.59 Å². The molecule has 0 atom stereocenters. The number of hydrogen-bond donors (Lipinski definition) is 2. The molecule has 1 rings (SSSR count). The van der Waals surface area contributed by atoms with Crippen LogP contribution in [0.1, 0.15) is 26.3 Å². The fourth-order valence-electron chi connectivity index (χ4n) is 1.09. The second-order valence-corrected chi connectivity index (χ2v) is 3.01. The maximum atomic E-state index is 11.0. The molecule has 4 N–H and O–H groups in total. The van der Waals surface area contributed by atoms with Crippen molar-refractivity contribution < 1.29 is 9.59 Å². The van der Waals surface area contributed by atoms with Gasteiger partial charge in [0.25, 0.3) is 0 Å². The van der Waals surface area contributed by atoms with Crippen LogP contribution in [0.4, 0.5) is 0 Å². The van der Waals surface area contributed by atoms with E-state index in [9.17, 15) is 9.59 Å². The van der Waals surface area contributed by atoms with Gasteiger partial charge in [0.2, 0.25) is 11.8 Å². The van der Waals surface area contributed by atoms with Crippen molar-refractivity contribution in [1.82, 2.24) is 0 Å². The Labute approximate surface area is 85.8 Å². The highest BCUT2D eigenvalue weighted by Crippen LogP contribution is 2.12. The van der Waals surface area contributed by atoms with Crippen LogP contribution in [-0.4, -0.2) is 11.8 Å². The van der Waals surface area contributed by atoms with Crippen molar-refractivity contribution in [2.45, 2.75) is 5.88 Å². The standard InChI is InChI=1S/C9H9ClN2O2/c10-4-5-1-2-6(8(11)13)7(3-5)9(12)14/h1-3H,4H2,(H2,11,13)(H2,12,14). The minimum absolute atomic E-state index is 0.107. The number of halogens is 1. The number of hydrogen-bond acceptors (Lipinski definition) is 2. The quantitative estimate of drug-likeness (QED) is 0.720. The molecular weight excluding hydrogens is 204 g/mol. The van der Waals surface area contributed by atoms with Crippen LogP contribution >= 0.6 is 11.6 Å². The first-order valence-electron chi connectivity index (χ1n) is 3.84. The van der Waals surface area contributed by atoms with Crippen LogP contribution in [0, 0.1) is 0 Å². The lowest BCUT2D eigenvalue weighted by Gasteiger charge is -2.04. The summed E-state index contributed by atoms with van der Waals surface area (Å²) >= 11 is 5.57. The third-order valence-corrected chi connectivity index (χ3v) is 2.08. The zero-order valence-corrected chi connectivity index (χ0v) is 8.04. The summed E-state index contributed by atoms with van der Waals surface area (Å²) in [5, 5.41) is 0. The van der Waals surface area contributed by atoms with Crippen molar-refractivity contribution in [2.24, 2.45) is 11.5 Å². The molecule has 0 heterocycles. The zero-order chi connectivity index (χ0) is 10.7. The highest BCUT2D eigenvalue weighted by molar-refractivity contribution is 6.17. The number of rotatable bonds is 3. The van der Waals surface area contributed by atoms with Gasteiger partial charge in [-0.2, -0.15) is 0 Å². The van der Waals surface area contributed by atoms with Crippen LogP contribution < -0.4 is 11.5 Å². The lowest BCUT2D eigenvalue weighted by Crippen LogP contribution is -2.20. The van der Waals surface area contributed by atoms with Gasteiger partial charge < -0.3 is 11.5 Å². The SMILES string of the molecule is NC(=O)c1ccc(CCl)cc1C(N)=O. The molecule has 1 aromatic rings. The largest absolute Gasteiger partial charge is 0.366 e. The molecule has 5 heteroatoms. The van der Waals surface area contributed by atoms with Gasteiger partial charge in [-0.15, -0.1) is 11.6 Å². The smallest absolute Gasteiger partial charge is 0.249 e. The van der Waals surface area contributed by atoms with Crippen LogP contribution in [0.15, 0.2) is 18.2 Å². The van der Waals surface area contributed by atoms with Crippen LogP contribution in [-0.2, 0) is 5.88 Å². The Morgan fingerprint density at radius 3 is 2.14 bits per heavy atom. The van der Waals surface area contributed by atoms with Crippen LogP contribution in [0.5, 0.6) is 0 Å². The first-order chi connectivity index (χ1) is 6.56. The monoisotopic (exact) mass is 212 g/mol. The lowest BCUT2D eigenvalue weighted by atomic mass is 10.0. The number of alkyl halides is 1. The summed E-state index contributed by atoms with van der Waals surface area (Å²) < 4.78 is 0. The Hall–Kier alpha value is -1.55. The second-order valence-electron chi connectivity index (χ2n) is 2.74. The summed E-state index contributed by atoms with van der Waals surface area (Å²) in [5.74, 6) is -1.12. The van der Waals surface area contributed by atoms with E-state index in [1.54, 1.807) is 6.07 Å². The number of benzene rings is 1. The number of primary amides is 2. The molecular formula is C9H9ClN2O2. The second kappa shape index (κ2) is 4.11. The van der Waals surface area contributed by atoms with E-state index in [4.69, 9.17) is 23.1 Å². The molecule has 0 unspecified atom stereocenters. The number of carbonyl (C=O) groups is 2. The van der Waals surface area contributed by atoms with E-state index in [0.29, 0.717) is 5.56 Å². The van der Waals surface area contributed by atoms with Gasteiger partial charge in [0, 0.05) is 5.88 Å². The van der Waals surface area contributed by atoms with E-state index >= 15 is 0 Å². The maximum absolute atomic E-state index is 11.0. The van der Waals surface area contributed by atoms with E-state index in [2.05, 4.69) is 0 Å². The molecule has 0 aliphatic heterocycles. The topological polar surface area (TPSA) is 86.2 Å². The van der Waals surface area contributed by atoms with Gasteiger partial charge in [0.1, 0.15) is 0 Å². The van der Waals surface area contributed by atoms with E-state index in [0.717, 1.165) is 0 Å². The molecule has 2 amide bonds. The number of carbonyl (C=O) groups excluding carboxylic acids is 2. The van der Waals surface area contributed by atoms with E-state index in [1.807, 2.05) is 0 Å². The summed E-state index contributed by atoms with van der Waals surface area (Å²) in [6, 6.07) is 4.54. The van der Waals surface area contributed by atoms with Gasteiger partial charge in [-0.05, 0) is 17.7 Å². The summed E-state index contributed by atoms with van der Waals surface area (Å²) in [6.07, 6.45) is 0. The lowest BCUT2D eigenvalue weighted by molar-refractivity contribution is 0.0967. The molecule has 0 spiro atoms. The molecule has 74 valence electrons. The first kappa shape index (κ1) is 10.5. The van der Waals surface area contributed by atoms with Crippen LogP contribution in [0.3, 0.4) is 0 Å². The van der Waals surface area contributed by atoms with Crippen LogP contribution in [0.25, 0.3) is 0 Å². The van der Waals surface area contributed by atoms with Gasteiger partial charge in [0.05, 0.1) is 11.1 Å². The Morgan fingerprint density at radius 2 is 1.71 bits per heavy atom. The maximum Gasteiger partial charge on any atom is 0.249 e. The van der Waals surface area contributed by atoms with Crippen molar-refractivity contribution in [3.63, 3.8) is 0 Å². The zero-order valence-electron chi connectivity index (χ0n) is 7.29. The normalized spacial score (nSPS) is 9.79. The summed E-state index contributed by atoms with van der Waals surface area (Å²) in [4.78, 5) is 21.9. The van der Waals surface area contributed by atoms with E-state index in [1.165, 1.54) is 12.1 Å². The Balaban J connectivity index is 3.31. The molecule has 14 heavy (non-hydrogen) atoms. The fourth-order valence-corrected chi connectivity index (χ4v) is 1.26. The first-order valence-corrected chi connectivity index (χ1v) is 4.38. The predicted molar refractivity (Wildman–Crippen MR) is 53.0 cm³/mol. The van der Waals surface area contributed by atoms with E-state index in [-0.39, 0.29) is 17.0 Å². The van der Waals surface area contributed by atoms with Crippen LogP contribution in [0.2, 0.25) is 0 Å². The molecule has 0 saturated heterocycles. The average molecular weight is 213 g/mol. The molecule has 1 aromatic carbocycles.